The third kappa shape index (κ3) is 4.36. The molecular weight excluding hydrogens is 214 g/mol. The van der Waals surface area contributed by atoms with E-state index in [-0.39, 0.29) is 0 Å². The van der Waals surface area contributed by atoms with Gasteiger partial charge < -0.3 is 10.3 Å². The molecule has 0 aromatic carbocycles. The van der Waals surface area contributed by atoms with Crippen LogP contribution in [0.25, 0.3) is 10.9 Å². The van der Waals surface area contributed by atoms with Crippen molar-refractivity contribution >= 4 is 17.2 Å². The molecule has 94 valence electrons. The number of carbonyl (C=O) groups is 1. The molecular formula is C13H21N3O. The van der Waals surface area contributed by atoms with Crippen molar-refractivity contribution in [1.82, 2.24) is 15.3 Å². The first-order chi connectivity index (χ1) is 8.22. The van der Waals surface area contributed by atoms with E-state index in [9.17, 15) is 4.79 Å². The van der Waals surface area contributed by atoms with E-state index in [1.807, 2.05) is 40.9 Å². The molecule has 4 heteroatoms. The summed E-state index contributed by atoms with van der Waals surface area (Å²) in [5, 5.41) is 3.69. The zero-order valence-corrected chi connectivity index (χ0v) is 11.2. The summed E-state index contributed by atoms with van der Waals surface area (Å²) < 4.78 is 0. The molecule has 0 aliphatic carbocycles. The van der Waals surface area contributed by atoms with Crippen LogP contribution in [0, 0.1) is 6.92 Å². The minimum Gasteiger partial charge on any atom is -0.359 e. The van der Waals surface area contributed by atoms with Gasteiger partial charge in [0, 0.05) is 22.8 Å². The molecule has 2 heterocycles. The van der Waals surface area contributed by atoms with Crippen LogP contribution in [0.1, 0.15) is 29.9 Å². The third-order valence-electron chi connectivity index (χ3n) is 1.86. The van der Waals surface area contributed by atoms with Gasteiger partial charge in [0.1, 0.15) is 0 Å². The first kappa shape index (κ1) is 15.3. The van der Waals surface area contributed by atoms with E-state index >= 15 is 0 Å². The fourth-order valence-electron chi connectivity index (χ4n) is 1.24. The number of aldehydes is 1. The van der Waals surface area contributed by atoms with E-state index in [1.54, 1.807) is 12.4 Å². The topological polar surface area (TPSA) is 57.8 Å². The number of rotatable bonds is 1. The van der Waals surface area contributed by atoms with Gasteiger partial charge in [0.05, 0.1) is 11.7 Å². The van der Waals surface area contributed by atoms with Crippen molar-refractivity contribution in [2.24, 2.45) is 0 Å². The van der Waals surface area contributed by atoms with Crippen LogP contribution in [0.15, 0.2) is 18.5 Å². The molecule has 2 N–H and O–H groups in total. The third-order valence-corrected chi connectivity index (χ3v) is 1.86. The van der Waals surface area contributed by atoms with Crippen molar-refractivity contribution in [3.05, 3.63) is 29.7 Å². The highest BCUT2D eigenvalue weighted by Crippen LogP contribution is 2.15. The number of nitrogens with zero attached hydrogens (tertiary/aromatic N) is 1. The Kier molecular flexibility index (Phi) is 7.63. The molecule has 0 amide bonds. The molecule has 0 saturated heterocycles. The number of aromatic amines is 1. The van der Waals surface area contributed by atoms with Gasteiger partial charge in [0.2, 0.25) is 0 Å². The summed E-state index contributed by atoms with van der Waals surface area (Å²) in [4.78, 5) is 17.6. The van der Waals surface area contributed by atoms with Crippen LogP contribution >= 0.6 is 0 Å². The summed E-state index contributed by atoms with van der Waals surface area (Å²) in [5.41, 5.74) is 2.52. The van der Waals surface area contributed by atoms with Gasteiger partial charge in [0.15, 0.2) is 6.29 Å². The minimum atomic E-state index is 0.690. The molecule has 0 atom stereocenters. The van der Waals surface area contributed by atoms with Crippen LogP contribution in [0.4, 0.5) is 0 Å². The van der Waals surface area contributed by atoms with E-state index in [1.165, 1.54) is 0 Å². The van der Waals surface area contributed by atoms with Crippen molar-refractivity contribution in [1.29, 1.82) is 0 Å². The van der Waals surface area contributed by atoms with E-state index in [2.05, 4.69) is 15.3 Å². The molecule has 2 aromatic rings. The van der Waals surface area contributed by atoms with Gasteiger partial charge in [-0.15, -0.1) is 0 Å². The van der Waals surface area contributed by atoms with Gasteiger partial charge in [-0.1, -0.05) is 13.8 Å². The summed E-state index contributed by atoms with van der Waals surface area (Å²) in [5.74, 6) is 0. The van der Waals surface area contributed by atoms with Crippen LogP contribution in [0.2, 0.25) is 0 Å². The number of pyridine rings is 1. The number of fused-ring (bicyclic) bond motifs is 1. The normalized spacial score (nSPS) is 8.76. The predicted octanol–water partition coefficient (Wildman–Crippen LogP) is 2.55. The quantitative estimate of drug-likeness (QED) is 0.747. The van der Waals surface area contributed by atoms with Gasteiger partial charge in [-0.3, -0.25) is 9.78 Å². The Bertz CT molecular complexity index is 449. The predicted molar refractivity (Wildman–Crippen MR) is 72.5 cm³/mol. The molecule has 0 radical (unpaired) electrons. The lowest BCUT2D eigenvalue weighted by molar-refractivity contribution is 0.112. The van der Waals surface area contributed by atoms with Gasteiger partial charge in [-0.25, -0.2) is 0 Å². The van der Waals surface area contributed by atoms with Crippen LogP contribution in [-0.2, 0) is 0 Å². The second kappa shape index (κ2) is 8.47. The molecule has 0 saturated carbocycles. The van der Waals surface area contributed by atoms with E-state index in [0.29, 0.717) is 5.56 Å². The lowest BCUT2D eigenvalue weighted by Crippen LogP contribution is -1.89. The zero-order chi connectivity index (χ0) is 13.3. The Balaban J connectivity index is 0.000000450. The smallest absolute Gasteiger partial charge is 0.152 e. The number of hydrogen-bond acceptors (Lipinski definition) is 3. The Morgan fingerprint density at radius 1 is 1.35 bits per heavy atom. The van der Waals surface area contributed by atoms with Crippen molar-refractivity contribution in [3.8, 4) is 0 Å². The molecule has 0 unspecified atom stereocenters. The number of hydrogen-bond donors (Lipinski definition) is 2. The highest BCUT2D eigenvalue weighted by Gasteiger charge is 2.01. The summed E-state index contributed by atoms with van der Waals surface area (Å²) in [6, 6.07) is 1.90. The molecule has 17 heavy (non-hydrogen) atoms. The fourth-order valence-corrected chi connectivity index (χ4v) is 1.24. The van der Waals surface area contributed by atoms with Crippen molar-refractivity contribution in [3.63, 3.8) is 0 Å². The number of nitrogens with one attached hydrogen (secondary N) is 2. The SMILES string of the molecule is CC.CNC.Cc1cc2c(C=O)c[nH]c2cn1. The summed E-state index contributed by atoms with van der Waals surface area (Å²) >= 11 is 0. The summed E-state index contributed by atoms with van der Waals surface area (Å²) in [6.07, 6.45) is 4.27. The molecule has 2 rings (SSSR count). The largest absolute Gasteiger partial charge is 0.359 e. The van der Waals surface area contributed by atoms with Crippen molar-refractivity contribution in [2.45, 2.75) is 20.8 Å². The molecule has 0 aliphatic heterocycles. The maximum atomic E-state index is 10.6. The Morgan fingerprint density at radius 2 is 1.94 bits per heavy atom. The first-order valence-corrected chi connectivity index (χ1v) is 5.70. The van der Waals surface area contributed by atoms with E-state index < -0.39 is 0 Å². The standard InChI is InChI=1S/C9H8N2O.C2H7N.C2H6/c1-6-2-8-7(5-12)3-11-9(8)4-10-6;1-3-2;1-2/h2-5,11H,1H3;3H,1-2H3;1-2H3. The first-order valence-electron chi connectivity index (χ1n) is 5.70. The molecule has 0 aliphatic rings. The zero-order valence-electron chi connectivity index (χ0n) is 11.2. The molecule has 0 fully saturated rings. The molecule has 2 aromatic heterocycles. The molecule has 0 bridgehead atoms. The van der Waals surface area contributed by atoms with Crippen molar-refractivity contribution < 1.29 is 4.79 Å². The van der Waals surface area contributed by atoms with Crippen LogP contribution in [0.3, 0.4) is 0 Å². The highest BCUT2D eigenvalue weighted by molar-refractivity contribution is 5.96. The Hall–Kier alpha value is -1.68. The highest BCUT2D eigenvalue weighted by atomic mass is 16.1. The van der Waals surface area contributed by atoms with Crippen LogP contribution in [0.5, 0.6) is 0 Å². The van der Waals surface area contributed by atoms with Crippen LogP contribution < -0.4 is 5.32 Å². The minimum absolute atomic E-state index is 0.690. The lowest BCUT2D eigenvalue weighted by Gasteiger charge is -1.91. The van der Waals surface area contributed by atoms with Gasteiger partial charge >= 0.3 is 0 Å². The van der Waals surface area contributed by atoms with Crippen molar-refractivity contribution in [2.75, 3.05) is 14.1 Å². The Labute approximate surface area is 102 Å². The fraction of sp³-hybridized carbons (Fsp3) is 0.385. The average Bonchev–Trinajstić information content (AvgIpc) is 2.75. The maximum Gasteiger partial charge on any atom is 0.152 e. The maximum absolute atomic E-state index is 10.6. The van der Waals surface area contributed by atoms with Gasteiger partial charge in [0.25, 0.3) is 0 Å². The number of H-pyrrole nitrogens is 1. The van der Waals surface area contributed by atoms with Gasteiger partial charge in [-0.2, -0.15) is 0 Å². The lowest BCUT2D eigenvalue weighted by atomic mass is 10.2. The number of aromatic nitrogens is 2. The van der Waals surface area contributed by atoms with Crippen LogP contribution in [-0.4, -0.2) is 30.3 Å². The second-order valence-electron chi connectivity index (χ2n) is 3.23. The van der Waals surface area contributed by atoms with Gasteiger partial charge in [-0.05, 0) is 27.1 Å². The van der Waals surface area contributed by atoms with E-state index in [0.717, 1.165) is 22.9 Å². The molecule has 0 spiro atoms. The van der Waals surface area contributed by atoms with E-state index in [4.69, 9.17) is 0 Å². The number of carbonyl (C=O) groups excluding carboxylic acids is 1. The average molecular weight is 235 g/mol. The summed E-state index contributed by atoms with van der Waals surface area (Å²) in [6.45, 7) is 5.90. The molecule has 4 nitrogen and oxygen atoms in total. The second-order valence-corrected chi connectivity index (χ2v) is 3.23. The summed E-state index contributed by atoms with van der Waals surface area (Å²) in [7, 11) is 3.75. The monoisotopic (exact) mass is 235 g/mol. The Morgan fingerprint density at radius 3 is 2.47 bits per heavy atom. The number of aryl methyl sites for hydroxylation is 1.